The normalized spacial score (nSPS) is 18.6. The molecule has 0 N–H and O–H groups in total. The van der Waals surface area contributed by atoms with Gasteiger partial charge in [-0.3, -0.25) is 9.69 Å². The summed E-state index contributed by atoms with van der Waals surface area (Å²) in [5, 5.41) is 4.29. The van der Waals surface area contributed by atoms with Gasteiger partial charge in [0, 0.05) is 26.2 Å². The number of hydrogen-bond donors (Lipinski definition) is 0. The molecule has 4 nitrogen and oxygen atoms in total. The summed E-state index contributed by atoms with van der Waals surface area (Å²) in [6, 6.07) is 2.16. The second-order valence-electron chi connectivity index (χ2n) is 5.14. The van der Waals surface area contributed by atoms with Gasteiger partial charge in [0.2, 0.25) is 0 Å². The van der Waals surface area contributed by atoms with Crippen molar-refractivity contribution in [1.82, 2.24) is 4.90 Å². The second kappa shape index (κ2) is 8.39. The number of rotatable bonds is 8. The Balaban J connectivity index is 1.79. The summed E-state index contributed by atoms with van der Waals surface area (Å²) in [5.74, 6) is -0.141. The highest BCUT2D eigenvalue weighted by molar-refractivity contribution is 7.07. The Bertz CT molecular complexity index is 388. The summed E-state index contributed by atoms with van der Waals surface area (Å²) in [4.78, 5) is 13.6. The van der Waals surface area contributed by atoms with Crippen LogP contribution in [0.25, 0.3) is 0 Å². The van der Waals surface area contributed by atoms with Crippen LogP contribution in [0.1, 0.15) is 24.8 Å². The molecule has 1 fully saturated rings. The number of carbonyl (C=O) groups excluding carboxylic acids is 1. The molecule has 1 aromatic rings. The minimum Gasteiger partial charge on any atom is -0.469 e. The molecule has 1 unspecified atom stereocenters. The van der Waals surface area contributed by atoms with Crippen LogP contribution in [-0.2, 0) is 20.7 Å². The van der Waals surface area contributed by atoms with Crippen molar-refractivity contribution >= 4 is 17.3 Å². The van der Waals surface area contributed by atoms with Crippen molar-refractivity contribution in [3.63, 3.8) is 0 Å². The quantitative estimate of drug-likeness (QED) is 0.690. The Labute approximate surface area is 124 Å². The molecule has 2 heterocycles. The van der Waals surface area contributed by atoms with E-state index < -0.39 is 0 Å². The molecule has 112 valence electrons. The molecule has 0 aliphatic carbocycles. The van der Waals surface area contributed by atoms with E-state index in [9.17, 15) is 4.79 Å². The fourth-order valence-electron chi connectivity index (χ4n) is 2.44. The van der Waals surface area contributed by atoms with E-state index in [1.54, 1.807) is 11.3 Å². The van der Waals surface area contributed by atoms with Crippen molar-refractivity contribution in [3.05, 3.63) is 22.4 Å². The molecule has 1 atom stereocenters. The zero-order valence-electron chi connectivity index (χ0n) is 12.0. The molecule has 1 saturated heterocycles. The lowest BCUT2D eigenvalue weighted by Crippen LogP contribution is -2.35. The van der Waals surface area contributed by atoms with Crippen molar-refractivity contribution in [2.24, 2.45) is 0 Å². The lowest BCUT2D eigenvalue weighted by Gasteiger charge is -2.24. The van der Waals surface area contributed by atoms with Gasteiger partial charge < -0.3 is 9.47 Å². The van der Waals surface area contributed by atoms with Gasteiger partial charge in [-0.25, -0.2) is 0 Å². The molecule has 0 radical (unpaired) electrons. The molecule has 5 heteroatoms. The van der Waals surface area contributed by atoms with Gasteiger partial charge in [0.05, 0.1) is 19.6 Å². The number of carbonyl (C=O) groups is 1. The van der Waals surface area contributed by atoms with Crippen LogP contribution in [0.4, 0.5) is 0 Å². The Morgan fingerprint density at radius 2 is 2.45 bits per heavy atom. The first kappa shape index (κ1) is 15.5. The van der Waals surface area contributed by atoms with Gasteiger partial charge in [-0.2, -0.15) is 11.3 Å². The third kappa shape index (κ3) is 5.23. The Kier molecular flexibility index (Phi) is 6.50. The minimum atomic E-state index is -0.141. The van der Waals surface area contributed by atoms with Gasteiger partial charge >= 0.3 is 5.97 Å². The van der Waals surface area contributed by atoms with E-state index in [-0.39, 0.29) is 5.97 Å². The molecule has 0 aromatic carbocycles. The number of nitrogens with zero attached hydrogens (tertiary/aromatic N) is 1. The highest BCUT2D eigenvalue weighted by Crippen LogP contribution is 2.14. The highest BCUT2D eigenvalue weighted by atomic mass is 32.1. The molecule has 1 aromatic heterocycles. The maximum absolute atomic E-state index is 11.3. The van der Waals surface area contributed by atoms with E-state index in [0.29, 0.717) is 12.5 Å². The van der Waals surface area contributed by atoms with E-state index in [2.05, 4.69) is 21.7 Å². The van der Waals surface area contributed by atoms with Crippen LogP contribution in [-0.4, -0.2) is 50.3 Å². The van der Waals surface area contributed by atoms with Gasteiger partial charge in [0.25, 0.3) is 0 Å². The first-order chi connectivity index (χ1) is 9.78. The Morgan fingerprint density at radius 1 is 1.55 bits per heavy atom. The van der Waals surface area contributed by atoms with Gasteiger partial charge in [-0.1, -0.05) is 0 Å². The summed E-state index contributed by atoms with van der Waals surface area (Å²) >= 11 is 1.73. The van der Waals surface area contributed by atoms with Crippen molar-refractivity contribution < 1.29 is 14.3 Å². The maximum atomic E-state index is 11.3. The van der Waals surface area contributed by atoms with Crippen LogP contribution < -0.4 is 0 Å². The zero-order valence-corrected chi connectivity index (χ0v) is 12.9. The van der Waals surface area contributed by atoms with Crippen molar-refractivity contribution in [1.29, 1.82) is 0 Å². The molecule has 20 heavy (non-hydrogen) atoms. The van der Waals surface area contributed by atoms with Gasteiger partial charge in [0.15, 0.2) is 0 Å². The van der Waals surface area contributed by atoms with Crippen molar-refractivity contribution in [2.45, 2.75) is 31.8 Å². The molecule has 1 aliphatic rings. The van der Waals surface area contributed by atoms with E-state index in [0.717, 1.165) is 45.5 Å². The lowest BCUT2D eigenvalue weighted by molar-refractivity contribution is -0.141. The SMILES string of the molecule is COC(=O)CCN(CCc1ccsc1)CC1CCCO1. The van der Waals surface area contributed by atoms with E-state index in [1.165, 1.54) is 12.7 Å². The van der Waals surface area contributed by atoms with Crippen LogP contribution in [0.3, 0.4) is 0 Å². The van der Waals surface area contributed by atoms with Crippen LogP contribution in [0.15, 0.2) is 16.8 Å². The van der Waals surface area contributed by atoms with Crippen LogP contribution in [0, 0.1) is 0 Å². The summed E-state index contributed by atoms with van der Waals surface area (Å²) in [6.45, 7) is 3.51. The predicted molar refractivity (Wildman–Crippen MR) is 80.1 cm³/mol. The molecular weight excluding hydrogens is 274 g/mol. The lowest BCUT2D eigenvalue weighted by atomic mass is 10.2. The Morgan fingerprint density at radius 3 is 3.10 bits per heavy atom. The zero-order chi connectivity index (χ0) is 14.2. The molecule has 0 bridgehead atoms. The minimum absolute atomic E-state index is 0.141. The smallest absolute Gasteiger partial charge is 0.306 e. The summed E-state index contributed by atoms with van der Waals surface area (Å²) in [5.41, 5.74) is 1.37. The summed E-state index contributed by atoms with van der Waals surface area (Å²) < 4.78 is 10.4. The van der Waals surface area contributed by atoms with Gasteiger partial charge in [-0.15, -0.1) is 0 Å². The summed E-state index contributed by atoms with van der Waals surface area (Å²) in [7, 11) is 1.44. The van der Waals surface area contributed by atoms with Crippen LogP contribution in [0.5, 0.6) is 0 Å². The van der Waals surface area contributed by atoms with E-state index in [1.807, 2.05) is 0 Å². The number of ether oxygens (including phenoxy) is 2. The molecular formula is C15H23NO3S. The fourth-order valence-corrected chi connectivity index (χ4v) is 3.15. The van der Waals surface area contributed by atoms with E-state index in [4.69, 9.17) is 9.47 Å². The third-order valence-electron chi connectivity index (χ3n) is 3.64. The topological polar surface area (TPSA) is 38.8 Å². The monoisotopic (exact) mass is 297 g/mol. The first-order valence-electron chi connectivity index (χ1n) is 7.20. The number of esters is 1. The molecule has 0 spiro atoms. The van der Waals surface area contributed by atoms with Crippen LogP contribution >= 0.6 is 11.3 Å². The number of methoxy groups -OCH3 is 1. The Hall–Kier alpha value is -0.910. The van der Waals surface area contributed by atoms with Crippen molar-refractivity contribution in [2.75, 3.05) is 33.4 Å². The first-order valence-corrected chi connectivity index (χ1v) is 8.14. The predicted octanol–water partition coefficient (Wildman–Crippen LogP) is 2.33. The highest BCUT2D eigenvalue weighted by Gasteiger charge is 2.19. The largest absolute Gasteiger partial charge is 0.469 e. The standard InChI is InChI=1S/C15H23NO3S/c1-18-15(17)5-8-16(11-14-3-2-9-19-14)7-4-13-6-10-20-12-13/h6,10,12,14H,2-5,7-9,11H2,1H3. The molecule has 2 rings (SSSR count). The van der Waals surface area contributed by atoms with E-state index >= 15 is 0 Å². The summed E-state index contributed by atoms with van der Waals surface area (Å²) in [6.07, 6.45) is 4.09. The molecule has 0 amide bonds. The maximum Gasteiger partial charge on any atom is 0.306 e. The molecule has 1 aliphatic heterocycles. The average molecular weight is 297 g/mol. The number of thiophene rings is 1. The average Bonchev–Trinajstić information content (AvgIpc) is 3.14. The van der Waals surface area contributed by atoms with Gasteiger partial charge in [-0.05, 0) is 41.7 Å². The van der Waals surface area contributed by atoms with Crippen molar-refractivity contribution in [3.8, 4) is 0 Å². The fraction of sp³-hybridized carbons (Fsp3) is 0.667. The second-order valence-corrected chi connectivity index (χ2v) is 5.92. The van der Waals surface area contributed by atoms with Crippen LogP contribution in [0.2, 0.25) is 0 Å². The number of hydrogen-bond acceptors (Lipinski definition) is 5. The van der Waals surface area contributed by atoms with Gasteiger partial charge in [0.1, 0.15) is 0 Å². The third-order valence-corrected chi connectivity index (χ3v) is 4.37. The molecule has 0 saturated carbocycles.